The van der Waals surface area contributed by atoms with Crippen molar-refractivity contribution in [2.45, 2.75) is 6.92 Å². The van der Waals surface area contributed by atoms with Crippen molar-refractivity contribution in [3.05, 3.63) is 169 Å². The average molecular weight is 704 g/mol. The molecule has 0 aliphatic rings. The first-order valence-electron chi connectivity index (χ1n) is 18.5. The van der Waals surface area contributed by atoms with Crippen LogP contribution in [0.15, 0.2) is 167 Å². The molecule has 0 fully saturated rings. The normalized spacial score (nSPS) is 12.1. The molecule has 0 bridgehead atoms. The molecular formula is C50H29N3O2. The van der Waals surface area contributed by atoms with Crippen LogP contribution in [0.4, 0.5) is 0 Å². The van der Waals surface area contributed by atoms with Gasteiger partial charge in [0.1, 0.15) is 22.3 Å². The summed E-state index contributed by atoms with van der Waals surface area (Å²) in [6.45, 7) is 2.15. The molecule has 0 atom stereocenters. The van der Waals surface area contributed by atoms with Crippen LogP contribution in [-0.4, -0.2) is 9.13 Å². The van der Waals surface area contributed by atoms with E-state index in [9.17, 15) is 5.26 Å². The summed E-state index contributed by atoms with van der Waals surface area (Å²) in [5.41, 5.74) is 14.1. The molecule has 0 saturated carbocycles. The number of para-hydroxylation sites is 2. The average Bonchev–Trinajstić information content (AvgIpc) is 3.97. The van der Waals surface area contributed by atoms with Gasteiger partial charge in [0.25, 0.3) is 0 Å². The monoisotopic (exact) mass is 703 g/mol. The number of nitriles is 1. The second kappa shape index (κ2) is 11.0. The number of furan rings is 2. The highest BCUT2D eigenvalue weighted by molar-refractivity contribution is 6.13. The van der Waals surface area contributed by atoms with Crippen LogP contribution in [0.1, 0.15) is 11.1 Å². The number of rotatable bonds is 3. The molecule has 4 aromatic heterocycles. The molecule has 0 radical (unpaired) electrons. The van der Waals surface area contributed by atoms with E-state index in [1.165, 1.54) is 27.4 Å². The zero-order valence-corrected chi connectivity index (χ0v) is 29.7. The van der Waals surface area contributed by atoms with Gasteiger partial charge in [-0.3, -0.25) is 0 Å². The fourth-order valence-corrected chi connectivity index (χ4v) is 8.85. The number of hydrogen-bond acceptors (Lipinski definition) is 3. The third-order valence-corrected chi connectivity index (χ3v) is 11.4. The van der Waals surface area contributed by atoms with Gasteiger partial charge < -0.3 is 18.0 Å². The Morgan fingerprint density at radius 3 is 1.40 bits per heavy atom. The van der Waals surface area contributed by atoms with Crippen LogP contribution in [0.25, 0.3) is 110 Å². The lowest BCUT2D eigenvalue weighted by Crippen LogP contribution is -1.93. The molecule has 0 amide bonds. The minimum atomic E-state index is 0.636. The van der Waals surface area contributed by atoms with Crippen LogP contribution in [0.2, 0.25) is 0 Å². The summed E-state index contributed by atoms with van der Waals surface area (Å²) in [4.78, 5) is 0. The van der Waals surface area contributed by atoms with Crippen molar-refractivity contribution in [1.29, 1.82) is 5.26 Å². The molecule has 55 heavy (non-hydrogen) atoms. The maximum Gasteiger partial charge on any atom is 0.135 e. The van der Waals surface area contributed by atoms with Crippen molar-refractivity contribution in [2.24, 2.45) is 0 Å². The summed E-state index contributed by atoms with van der Waals surface area (Å²) >= 11 is 0. The predicted molar refractivity (Wildman–Crippen MR) is 225 cm³/mol. The fraction of sp³-hybridized carbons (Fsp3) is 0.0200. The van der Waals surface area contributed by atoms with Crippen LogP contribution >= 0.6 is 0 Å². The van der Waals surface area contributed by atoms with Gasteiger partial charge in [0, 0.05) is 54.5 Å². The van der Waals surface area contributed by atoms with Crippen LogP contribution in [0.5, 0.6) is 0 Å². The molecule has 0 aliphatic carbocycles. The Hall–Kier alpha value is -7.55. The van der Waals surface area contributed by atoms with Crippen molar-refractivity contribution in [1.82, 2.24) is 9.13 Å². The number of fused-ring (bicyclic) bond motifs is 12. The van der Waals surface area contributed by atoms with Crippen LogP contribution in [0.3, 0.4) is 0 Å². The van der Waals surface area contributed by atoms with E-state index in [1.54, 1.807) is 0 Å². The predicted octanol–water partition coefficient (Wildman–Crippen LogP) is 13.5. The fourth-order valence-electron chi connectivity index (χ4n) is 8.85. The molecule has 12 aromatic rings. The van der Waals surface area contributed by atoms with Gasteiger partial charge in [-0.25, -0.2) is 0 Å². The van der Waals surface area contributed by atoms with E-state index >= 15 is 0 Å². The lowest BCUT2D eigenvalue weighted by Gasteiger charge is -2.08. The number of benzene rings is 8. The van der Waals surface area contributed by atoms with Crippen molar-refractivity contribution in [2.75, 3.05) is 0 Å². The maximum absolute atomic E-state index is 9.73. The van der Waals surface area contributed by atoms with E-state index in [1.807, 2.05) is 12.1 Å². The van der Waals surface area contributed by atoms with E-state index in [2.05, 4.69) is 168 Å². The standard InChI is InChI=1S/C50H29N3O2/c1-29-10-16-37-35-6-2-4-8-43(35)52(45(37)22-29)33-14-20-49-41(26-33)39-24-31(12-18-47(39)54-49)32-13-19-48-40(25-32)42-27-34(15-21-50(42)55-48)53-44-9-5-3-7-36(44)38-17-11-30(28-51)23-46(38)53/h2-27H,1H3. The molecule has 8 aromatic carbocycles. The number of aromatic nitrogens is 2. The van der Waals surface area contributed by atoms with E-state index in [0.29, 0.717) is 5.56 Å². The summed E-state index contributed by atoms with van der Waals surface area (Å²) in [5, 5.41) is 18.7. The highest BCUT2D eigenvalue weighted by atomic mass is 16.3. The first-order valence-corrected chi connectivity index (χ1v) is 18.5. The van der Waals surface area contributed by atoms with Crippen LogP contribution in [0, 0.1) is 18.3 Å². The molecule has 256 valence electrons. The van der Waals surface area contributed by atoms with Gasteiger partial charge in [-0.15, -0.1) is 0 Å². The summed E-state index contributed by atoms with van der Waals surface area (Å²) in [7, 11) is 0. The molecule has 0 spiro atoms. The number of nitrogens with zero attached hydrogens (tertiary/aromatic N) is 3. The third kappa shape index (κ3) is 4.28. The quantitative estimate of drug-likeness (QED) is 0.184. The van der Waals surface area contributed by atoms with Gasteiger partial charge >= 0.3 is 0 Å². The maximum atomic E-state index is 9.73. The second-order valence-electron chi connectivity index (χ2n) is 14.6. The lowest BCUT2D eigenvalue weighted by molar-refractivity contribution is 0.668. The summed E-state index contributed by atoms with van der Waals surface area (Å²) in [5.74, 6) is 0. The number of hydrogen-bond donors (Lipinski definition) is 0. The van der Waals surface area contributed by atoms with Gasteiger partial charge in [-0.2, -0.15) is 5.26 Å². The molecule has 12 rings (SSSR count). The summed E-state index contributed by atoms with van der Waals surface area (Å²) < 4.78 is 17.4. The van der Waals surface area contributed by atoms with Crippen LogP contribution in [-0.2, 0) is 0 Å². The van der Waals surface area contributed by atoms with Crippen molar-refractivity contribution in [3.8, 4) is 28.6 Å². The minimum absolute atomic E-state index is 0.636. The highest BCUT2D eigenvalue weighted by Crippen LogP contribution is 2.40. The summed E-state index contributed by atoms with van der Waals surface area (Å²) in [6, 6.07) is 57.8. The molecule has 0 unspecified atom stereocenters. The SMILES string of the molecule is Cc1ccc2c3ccccc3n(-c3ccc4oc5ccc(-c6ccc7oc8ccc(-n9c%10ccccc%10c%10ccc(C#N)cc%109)cc8c7c6)cc5c4c3)c2c1. The molecule has 5 heteroatoms. The number of aryl methyl sites for hydroxylation is 1. The van der Waals surface area contributed by atoms with Crippen molar-refractivity contribution < 1.29 is 8.83 Å². The Balaban J connectivity index is 1.01. The Labute approximate surface area is 314 Å². The van der Waals surface area contributed by atoms with Gasteiger partial charge in [0.15, 0.2) is 0 Å². The third-order valence-electron chi connectivity index (χ3n) is 11.4. The molecule has 0 saturated heterocycles. The first-order chi connectivity index (χ1) is 27.1. The first kappa shape index (κ1) is 30.0. The molecule has 0 aliphatic heterocycles. The van der Waals surface area contributed by atoms with E-state index in [4.69, 9.17) is 8.83 Å². The molecule has 0 N–H and O–H groups in total. The largest absolute Gasteiger partial charge is 0.456 e. The Morgan fingerprint density at radius 1 is 0.400 bits per heavy atom. The van der Waals surface area contributed by atoms with E-state index in [0.717, 1.165) is 88.2 Å². The lowest BCUT2D eigenvalue weighted by atomic mass is 10.0. The van der Waals surface area contributed by atoms with Gasteiger partial charge in [0.05, 0.1) is 33.7 Å². The zero-order valence-electron chi connectivity index (χ0n) is 29.7. The Kier molecular flexibility index (Phi) is 5.99. The zero-order chi connectivity index (χ0) is 36.4. The topological polar surface area (TPSA) is 59.9 Å². The molecule has 5 nitrogen and oxygen atoms in total. The Morgan fingerprint density at radius 2 is 0.855 bits per heavy atom. The van der Waals surface area contributed by atoms with Crippen LogP contribution < -0.4 is 0 Å². The summed E-state index contributed by atoms with van der Waals surface area (Å²) in [6.07, 6.45) is 0. The van der Waals surface area contributed by atoms with Gasteiger partial charge in [-0.1, -0.05) is 66.7 Å². The smallest absolute Gasteiger partial charge is 0.135 e. The van der Waals surface area contributed by atoms with Gasteiger partial charge in [-0.05, 0) is 115 Å². The van der Waals surface area contributed by atoms with E-state index in [-0.39, 0.29) is 0 Å². The Bertz CT molecular complexity index is 3640. The molecule has 4 heterocycles. The van der Waals surface area contributed by atoms with Crippen molar-refractivity contribution >= 4 is 87.5 Å². The highest BCUT2D eigenvalue weighted by Gasteiger charge is 2.18. The molecular weight excluding hydrogens is 675 g/mol. The minimum Gasteiger partial charge on any atom is -0.456 e. The van der Waals surface area contributed by atoms with Crippen molar-refractivity contribution in [3.63, 3.8) is 0 Å². The van der Waals surface area contributed by atoms with E-state index < -0.39 is 0 Å². The van der Waals surface area contributed by atoms with Gasteiger partial charge in [0.2, 0.25) is 0 Å². The second-order valence-corrected chi connectivity index (χ2v) is 14.6.